The monoisotopic (exact) mass is 551 g/mol. The zero-order chi connectivity index (χ0) is 27.9. The average Bonchev–Trinajstić information content (AvgIpc) is 3.34. The van der Waals surface area contributed by atoms with Gasteiger partial charge in [-0.25, -0.2) is 0 Å². The smallest absolute Gasteiger partial charge is 0.246 e. The molecule has 6 N–H and O–H groups in total. The molecule has 4 amide bonds. The Labute approximate surface area is 231 Å². The second-order valence-corrected chi connectivity index (χ2v) is 10.0. The summed E-state index contributed by atoms with van der Waals surface area (Å²) in [6.07, 6.45) is 3.95. The van der Waals surface area contributed by atoms with Crippen LogP contribution in [0.4, 0.5) is 0 Å². The summed E-state index contributed by atoms with van der Waals surface area (Å²) in [4.78, 5) is 56.4. The first-order chi connectivity index (χ1) is 18.8. The first kappa shape index (κ1) is 28.0. The van der Waals surface area contributed by atoms with Gasteiger partial charge in [0.15, 0.2) is 0 Å². The van der Waals surface area contributed by atoms with E-state index in [9.17, 15) is 24.3 Å². The Bertz CT molecular complexity index is 1360. The number of rotatable bonds is 10. The van der Waals surface area contributed by atoms with Gasteiger partial charge in [0.1, 0.15) is 23.9 Å². The number of primary amides is 1. The molecular weight excluding hydrogens is 518 g/mol. The number of thiol groups is 1. The van der Waals surface area contributed by atoms with Crippen LogP contribution in [0.3, 0.4) is 0 Å². The highest BCUT2D eigenvalue weighted by molar-refractivity contribution is 7.81. The molecule has 0 saturated carbocycles. The number of H-pyrrole nitrogens is 1. The third kappa shape index (κ3) is 6.91. The number of aromatic nitrogens is 1. The number of phenolic OH excluding ortho intramolecular Hbond substituents is 1. The highest BCUT2D eigenvalue weighted by atomic mass is 32.1. The molecule has 1 aliphatic rings. The number of nitrogens with two attached hydrogens (primary N) is 1. The van der Waals surface area contributed by atoms with Crippen LogP contribution in [-0.2, 0) is 32.0 Å². The topological polar surface area (TPSA) is 158 Å². The number of amides is 4. The number of aromatic hydroxyl groups is 1. The zero-order valence-corrected chi connectivity index (χ0v) is 22.3. The lowest BCUT2D eigenvalue weighted by atomic mass is 9.97. The molecule has 0 aliphatic carbocycles. The van der Waals surface area contributed by atoms with Gasteiger partial charge < -0.3 is 31.4 Å². The van der Waals surface area contributed by atoms with Crippen molar-refractivity contribution in [1.29, 1.82) is 0 Å². The van der Waals surface area contributed by atoms with E-state index in [1.807, 2.05) is 24.3 Å². The lowest BCUT2D eigenvalue weighted by Gasteiger charge is -2.37. The molecule has 0 radical (unpaired) electrons. The molecule has 4 rings (SSSR count). The number of piperidine rings is 1. The minimum atomic E-state index is -0.970. The van der Waals surface area contributed by atoms with Gasteiger partial charge in [0.05, 0.1) is 5.75 Å². The van der Waals surface area contributed by atoms with Crippen molar-refractivity contribution in [1.82, 2.24) is 20.5 Å². The Balaban J connectivity index is 1.52. The predicted molar refractivity (Wildman–Crippen MR) is 150 cm³/mol. The predicted octanol–water partition coefficient (Wildman–Crippen LogP) is 1.42. The summed E-state index contributed by atoms with van der Waals surface area (Å²) in [5.41, 5.74) is 8.07. The van der Waals surface area contributed by atoms with Crippen LogP contribution in [0.1, 0.15) is 30.4 Å². The molecule has 39 heavy (non-hydrogen) atoms. The zero-order valence-electron chi connectivity index (χ0n) is 21.4. The molecule has 2 heterocycles. The van der Waals surface area contributed by atoms with Gasteiger partial charge in [-0.05, 0) is 48.6 Å². The number of nitrogens with zero attached hydrogens (tertiary/aromatic N) is 1. The second-order valence-electron chi connectivity index (χ2n) is 9.72. The molecule has 2 aromatic carbocycles. The Morgan fingerprint density at radius 2 is 1.85 bits per heavy atom. The largest absolute Gasteiger partial charge is 0.508 e. The van der Waals surface area contributed by atoms with Crippen molar-refractivity contribution in [2.75, 3.05) is 12.3 Å². The third-order valence-electron chi connectivity index (χ3n) is 6.97. The number of likely N-dealkylation sites (tertiary alicyclic amines) is 1. The fourth-order valence-corrected chi connectivity index (χ4v) is 5.13. The summed E-state index contributed by atoms with van der Waals surface area (Å²) < 4.78 is 0. The molecule has 1 aliphatic heterocycles. The van der Waals surface area contributed by atoms with Gasteiger partial charge in [-0.15, -0.1) is 0 Å². The highest BCUT2D eigenvalue weighted by Gasteiger charge is 2.37. The van der Waals surface area contributed by atoms with E-state index in [2.05, 4.69) is 28.2 Å². The van der Waals surface area contributed by atoms with E-state index in [-0.39, 0.29) is 24.3 Å². The molecule has 10 nitrogen and oxygen atoms in total. The van der Waals surface area contributed by atoms with Gasteiger partial charge in [0, 0.05) is 36.5 Å². The number of aromatic amines is 1. The summed E-state index contributed by atoms with van der Waals surface area (Å²) >= 11 is 4.01. The molecule has 11 heteroatoms. The standard InChI is InChI=1S/C28H33N5O5S/c29-26(36)22(14-18-15-30-21-9-2-1-8-20(18)21)32-27(37)24-10-3-4-11-33(24)28(38)23(31-25(35)16-39)13-17-6-5-7-19(34)12-17/h1-2,5-9,12,15,22-24,30,34,39H,3-4,10-11,13-14,16H2,(H2,29,36)(H,31,35)(H,32,37)/t22-,23-,24-/m0/s1. The molecule has 1 aromatic heterocycles. The lowest BCUT2D eigenvalue weighted by molar-refractivity contribution is -0.145. The number of carbonyl (C=O) groups is 4. The van der Waals surface area contributed by atoms with Gasteiger partial charge in [0.2, 0.25) is 23.6 Å². The third-order valence-corrected chi connectivity index (χ3v) is 7.26. The van der Waals surface area contributed by atoms with Crippen LogP contribution in [0.2, 0.25) is 0 Å². The van der Waals surface area contributed by atoms with E-state index in [0.717, 1.165) is 22.9 Å². The number of hydrogen-bond acceptors (Lipinski definition) is 6. The molecule has 1 fully saturated rings. The van der Waals surface area contributed by atoms with Crippen molar-refractivity contribution in [2.24, 2.45) is 5.73 Å². The maximum absolute atomic E-state index is 13.7. The summed E-state index contributed by atoms with van der Waals surface area (Å²) in [5, 5.41) is 16.2. The van der Waals surface area contributed by atoms with Crippen LogP contribution in [0, 0.1) is 0 Å². The van der Waals surface area contributed by atoms with E-state index in [4.69, 9.17) is 5.73 Å². The summed E-state index contributed by atoms with van der Waals surface area (Å²) in [7, 11) is 0. The molecule has 206 valence electrons. The van der Waals surface area contributed by atoms with Crippen LogP contribution >= 0.6 is 12.6 Å². The Morgan fingerprint density at radius 3 is 2.59 bits per heavy atom. The van der Waals surface area contributed by atoms with Crippen molar-refractivity contribution in [2.45, 2.75) is 50.2 Å². The van der Waals surface area contributed by atoms with Crippen molar-refractivity contribution < 1.29 is 24.3 Å². The van der Waals surface area contributed by atoms with Crippen molar-refractivity contribution in [3.05, 3.63) is 65.9 Å². The van der Waals surface area contributed by atoms with Crippen molar-refractivity contribution >= 4 is 47.2 Å². The minimum absolute atomic E-state index is 0.0436. The molecule has 0 bridgehead atoms. The van der Waals surface area contributed by atoms with Crippen LogP contribution in [-0.4, -0.2) is 69.0 Å². The highest BCUT2D eigenvalue weighted by Crippen LogP contribution is 2.22. The lowest BCUT2D eigenvalue weighted by Crippen LogP contribution is -2.60. The number of hydrogen-bond donors (Lipinski definition) is 6. The number of phenols is 1. The number of para-hydroxylation sites is 1. The summed E-state index contributed by atoms with van der Waals surface area (Å²) in [6, 6.07) is 11.3. The molecule has 3 aromatic rings. The quantitative estimate of drug-likeness (QED) is 0.210. The number of nitrogens with one attached hydrogen (secondary N) is 3. The molecule has 1 saturated heterocycles. The fraction of sp³-hybridized carbons (Fsp3) is 0.357. The van der Waals surface area contributed by atoms with Gasteiger partial charge in [0.25, 0.3) is 0 Å². The Hall–Kier alpha value is -3.99. The van der Waals surface area contributed by atoms with Crippen molar-refractivity contribution in [3.8, 4) is 5.75 Å². The SMILES string of the molecule is NC(=O)[C@H](Cc1c[nH]c2ccccc12)NC(=O)[C@@H]1CCCCN1C(=O)[C@H](Cc1cccc(O)c1)NC(=O)CS. The number of fused-ring (bicyclic) bond motifs is 1. The van der Waals surface area contributed by atoms with Gasteiger partial charge in [-0.3, -0.25) is 19.2 Å². The normalized spacial score (nSPS) is 16.8. The second kappa shape index (κ2) is 12.7. The number of benzene rings is 2. The van der Waals surface area contributed by atoms with E-state index < -0.39 is 41.8 Å². The Morgan fingerprint density at radius 1 is 1.05 bits per heavy atom. The first-order valence-electron chi connectivity index (χ1n) is 12.9. The van der Waals surface area contributed by atoms with Crippen LogP contribution in [0.25, 0.3) is 10.9 Å². The molecule has 0 spiro atoms. The maximum atomic E-state index is 13.7. The maximum Gasteiger partial charge on any atom is 0.246 e. The Kier molecular flexibility index (Phi) is 9.13. The summed E-state index contributed by atoms with van der Waals surface area (Å²) in [5.74, 6) is -2.06. The first-order valence-corrected chi connectivity index (χ1v) is 13.5. The average molecular weight is 552 g/mol. The van der Waals surface area contributed by atoms with Crippen LogP contribution in [0.15, 0.2) is 54.7 Å². The molecule has 0 unspecified atom stereocenters. The van der Waals surface area contributed by atoms with E-state index in [1.165, 1.54) is 17.0 Å². The van der Waals surface area contributed by atoms with Crippen molar-refractivity contribution in [3.63, 3.8) is 0 Å². The molecule has 3 atom stereocenters. The van der Waals surface area contributed by atoms with Crippen LogP contribution in [0.5, 0.6) is 5.75 Å². The minimum Gasteiger partial charge on any atom is -0.508 e. The van der Waals surface area contributed by atoms with Gasteiger partial charge in [-0.1, -0.05) is 30.3 Å². The molecular formula is C28H33N5O5S. The van der Waals surface area contributed by atoms with Gasteiger partial charge in [-0.2, -0.15) is 12.6 Å². The van der Waals surface area contributed by atoms with E-state index >= 15 is 0 Å². The number of carbonyl (C=O) groups excluding carboxylic acids is 4. The van der Waals surface area contributed by atoms with Crippen LogP contribution < -0.4 is 16.4 Å². The summed E-state index contributed by atoms with van der Waals surface area (Å²) in [6.45, 7) is 0.327. The van der Waals surface area contributed by atoms with E-state index in [0.29, 0.717) is 24.9 Å². The van der Waals surface area contributed by atoms with Gasteiger partial charge >= 0.3 is 0 Å². The van der Waals surface area contributed by atoms with E-state index in [1.54, 1.807) is 18.3 Å². The fourth-order valence-electron chi connectivity index (χ4n) is 5.04.